The Kier molecular flexibility index (Phi) is 3.91. The first kappa shape index (κ1) is 13.7. The monoisotopic (exact) mass is 282 g/mol. The van der Waals surface area contributed by atoms with Crippen LogP contribution < -0.4 is 9.47 Å². The summed E-state index contributed by atoms with van der Waals surface area (Å²) in [5, 5.41) is 0. The molecule has 1 aliphatic rings. The second-order valence-corrected chi connectivity index (χ2v) is 5.41. The van der Waals surface area contributed by atoms with Crippen molar-refractivity contribution in [3.05, 3.63) is 54.1 Å². The third kappa shape index (κ3) is 3.85. The molecule has 0 bridgehead atoms. The van der Waals surface area contributed by atoms with Gasteiger partial charge in [-0.2, -0.15) is 0 Å². The Bertz CT molecular complexity index is 627. The van der Waals surface area contributed by atoms with E-state index in [1.165, 1.54) is 12.8 Å². The number of carbonyl (C=O) groups is 1. The van der Waals surface area contributed by atoms with Gasteiger partial charge in [-0.15, -0.1) is 0 Å². The minimum Gasteiger partial charge on any atom is -0.493 e. The molecule has 3 nitrogen and oxygen atoms in total. The van der Waals surface area contributed by atoms with Crippen molar-refractivity contribution in [2.24, 2.45) is 5.92 Å². The maximum Gasteiger partial charge on any atom is 0.159 e. The van der Waals surface area contributed by atoms with Gasteiger partial charge in [-0.25, -0.2) is 0 Å². The Morgan fingerprint density at radius 2 is 1.76 bits per heavy atom. The minimum atomic E-state index is 0.0528. The van der Waals surface area contributed by atoms with Gasteiger partial charge in [0.1, 0.15) is 17.2 Å². The molecule has 0 atom stereocenters. The van der Waals surface area contributed by atoms with Crippen LogP contribution in [0.25, 0.3) is 0 Å². The van der Waals surface area contributed by atoms with Crippen LogP contribution in [0, 0.1) is 5.92 Å². The second-order valence-electron chi connectivity index (χ2n) is 5.41. The predicted molar refractivity (Wildman–Crippen MR) is 81.2 cm³/mol. The van der Waals surface area contributed by atoms with Crippen molar-refractivity contribution in [2.75, 3.05) is 6.61 Å². The average Bonchev–Trinajstić information content (AvgIpc) is 3.30. The van der Waals surface area contributed by atoms with Crippen molar-refractivity contribution in [3.63, 3.8) is 0 Å². The van der Waals surface area contributed by atoms with Gasteiger partial charge in [-0.3, -0.25) is 4.79 Å². The standard InChI is InChI=1S/C18H18O3/c1-13(19)15-7-9-16(10-8-15)21-18-4-2-3-17(11-18)20-12-14-5-6-14/h2-4,7-11,14H,5-6,12H2,1H3. The summed E-state index contributed by atoms with van der Waals surface area (Å²) in [6.45, 7) is 2.34. The Morgan fingerprint density at radius 3 is 2.43 bits per heavy atom. The smallest absolute Gasteiger partial charge is 0.159 e. The van der Waals surface area contributed by atoms with E-state index in [9.17, 15) is 4.79 Å². The molecule has 1 saturated carbocycles. The first-order valence-corrected chi connectivity index (χ1v) is 7.22. The molecule has 0 spiro atoms. The molecule has 2 aromatic carbocycles. The largest absolute Gasteiger partial charge is 0.493 e. The molecule has 0 amide bonds. The van der Waals surface area contributed by atoms with Gasteiger partial charge in [-0.05, 0) is 62.1 Å². The van der Waals surface area contributed by atoms with Crippen molar-refractivity contribution in [1.29, 1.82) is 0 Å². The van der Waals surface area contributed by atoms with Gasteiger partial charge >= 0.3 is 0 Å². The molecule has 21 heavy (non-hydrogen) atoms. The van der Waals surface area contributed by atoms with E-state index in [0.717, 1.165) is 24.0 Å². The lowest BCUT2D eigenvalue weighted by atomic mass is 10.1. The van der Waals surface area contributed by atoms with Crippen LogP contribution >= 0.6 is 0 Å². The third-order valence-corrected chi connectivity index (χ3v) is 3.48. The summed E-state index contributed by atoms with van der Waals surface area (Å²) in [7, 11) is 0. The normalized spacial score (nSPS) is 13.8. The summed E-state index contributed by atoms with van der Waals surface area (Å²) in [5.74, 6) is 3.06. The summed E-state index contributed by atoms with van der Waals surface area (Å²) < 4.78 is 11.5. The van der Waals surface area contributed by atoms with Gasteiger partial charge in [0.25, 0.3) is 0 Å². The number of hydrogen-bond donors (Lipinski definition) is 0. The summed E-state index contributed by atoms with van der Waals surface area (Å²) in [6.07, 6.45) is 2.55. The Morgan fingerprint density at radius 1 is 1.05 bits per heavy atom. The molecule has 3 rings (SSSR count). The van der Waals surface area contributed by atoms with Gasteiger partial charge in [0, 0.05) is 11.6 Å². The predicted octanol–water partition coefficient (Wildman–Crippen LogP) is 4.47. The van der Waals surface area contributed by atoms with Crippen molar-refractivity contribution in [2.45, 2.75) is 19.8 Å². The Hall–Kier alpha value is -2.29. The fourth-order valence-corrected chi connectivity index (χ4v) is 2.02. The van der Waals surface area contributed by atoms with Crippen LogP contribution in [0.1, 0.15) is 30.1 Å². The zero-order valence-corrected chi connectivity index (χ0v) is 12.0. The highest BCUT2D eigenvalue weighted by Gasteiger charge is 2.21. The van der Waals surface area contributed by atoms with E-state index < -0.39 is 0 Å². The van der Waals surface area contributed by atoms with Crippen LogP contribution in [0.4, 0.5) is 0 Å². The molecule has 0 aromatic heterocycles. The summed E-state index contributed by atoms with van der Waals surface area (Å²) in [6, 6.07) is 14.8. The van der Waals surface area contributed by atoms with E-state index in [4.69, 9.17) is 9.47 Å². The highest BCUT2D eigenvalue weighted by molar-refractivity contribution is 5.94. The van der Waals surface area contributed by atoms with Crippen LogP contribution in [0.5, 0.6) is 17.2 Å². The number of ketones is 1. The van der Waals surface area contributed by atoms with Gasteiger partial charge in [0.05, 0.1) is 6.61 Å². The summed E-state index contributed by atoms with van der Waals surface area (Å²) in [5.41, 5.74) is 0.684. The van der Waals surface area contributed by atoms with Crippen molar-refractivity contribution < 1.29 is 14.3 Å². The van der Waals surface area contributed by atoms with E-state index in [2.05, 4.69) is 0 Å². The number of hydrogen-bond acceptors (Lipinski definition) is 3. The van der Waals surface area contributed by atoms with E-state index in [0.29, 0.717) is 11.3 Å². The zero-order valence-electron chi connectivity index (χ0n) is 12.0. The molecule has 3 heteroatoms. The van der Waals surface area contributed by atoms with Gasteiger partial charge in [-0.1, -0.05) is 6.07 Å². The van der Waals surface area contributed by atoms with E-state index >= 15 is 0 Å². The number of ether oxygens (including phenoxy) is 2. The molecule has 0 N–H and O–H groups in total. The lowest BCUT2D eigenvalue weighted by Crippen LogP contribution is -1.98. The molecule has 1 aliphatic carbocycles. The molecule has 0 aliphatic heterocycles. The number of Topliss-reactive ketones (excluding diaryl/α,β-unsaturated/α-hetero) is 1. The van der Waals surface area contributed by atoms with Crippen LogP contribution in [0.15, 0.2) is 48.5 Å². The van der Waals surface area contributed by atoms with E-state index in [1.54, 1.807) is 31.2 Å². The van der Waals surface area contributed by atoms with Crippen LogP contribution in [-0.4, -0.2) is 12.4 Å². The fourth-order valence-electron chi connectivity index (χ4n) is 2.02. The van der Waals surface area contributed by atoms with E-state index in [-0.39, 0.29) is 5.78 Å². The molecule has 0 saturated heterocycles. The number of rotatable bonds is 6. The maximum atomic E-state index is 11.2. The van der Waals surface area contributed by atoms with Crippen molar-refractivity contribution in [3.8, 4) is 17.2 Å². The zero-order chi connectivity index (χ0) is 14.7. The third-order valence-electron chi connectivity index (χ3n) is 3.48. The first-order chi connectivity index (χ1) is 10.2. The fraction of sp³-hybridized carbons (Fsp3) is 0.278. The van der Waals surface area contributed by atoms with Gasteiger partial charge < -0.3 is 9.47 Å². The van der Waals surface area contributed by atoms with Gasteiger partial charge in [0.2, 0.25) is 0 Å². The molecule has 2 aromatic rings. The number of benzene rings is 2. The van der Waals surface area contributed by atoms with Crippen LogP contribution in [-0.2, 0) is 0 Å². The molecular formula is C18H18O3. The van der Waals surface area contributed by atoms with Crippen molar-refractivity contribution >= 4 is 5.78 Å². The number of carbonyl (C=O) groups excluding carboxylic acids is 1. The molecular weight excluding hydrogens is 264 g/mol. The SMILES string of the molecule is CC(=O)c1ccc(Oc2cccc(OCC3CC3)c2)cc1. The van der Waals surface area contributed by atoms with Crippen LogP contribution in [0.3, 0.4) is 0 Å². The quantitative estimate of drug-likeness (QED) is 0.733. The molecule has 1 fully saturated rings. The van der Waals surface area contributed by atoms with Crippen molar-refractivity contribution in [1.82, 2.24) is 0 Å². The highest BCUT2D eigenvalue weighted by Crippen LogP contribution is 2.31. The highest BCUT2D eigenvalue weighted by atomic mass is 16.5. The topological polar surface area (TPSA) is 35.5 Å². The Labute approximate surface area is 124 Å². The van der Waals surface area contributed by atoms with E-state index in [1.807, 2.05) is 24.3 Å². The van der Waals surface area contributed by atoms with Crippen LogP contribution in [0.2, 0.25) is 0 Å². The molecule has 0 heterocycles. The minimum absolute atomic E-state index is 0.0528. The summed E-state index contributed by atoms with van der Waals surface area (Å²) >= 11 is 0. The first-order valence-electron chi connectivity index (χ1n) is 7.22. The molecule has 108 valence electrons. The Balaban J connectivity index is 1.65. The lowest BCUT2D eigenvalue weighted by Gasteiger charge is -2.09. The second kappa shape index (κ2) is 6.00. The summed E-state index contributed by atoms with van der Waals surface area (Å²) in [4.78, 5) is 11.2. The molecule has 0 radical (unpaired) electrons. The molecule has 0 unspecified atom stereocenters. The average molecular weight is 282 g/mol. The lowest BCUT2D eigenvalue weighted by molar-refractivity contribution is 0.101. The van der Waals surface area contributed by atoms with Gasteiger partial charge in [0.15, 0.2) is 5.78 Å². The maximum absolute atomic E-state index is 11.2.